The Morgan fingerprint density at radius 1 is 1.00 bits per heavy atom. The maximum absolute atomic E-state index is 13.4. The van der Waals surface area contributed by atoms with Crippen molar-refractivity contribution < 1.29 is 18.7 Å². The van der Waals surface area contributed by atoms with E-state index in [1.807, 2.05) is 53.2 Å². The van der Waals surface area contributed by atoms with Gasteiger partial charge in [0, 0.05) is 24.5 Å². The smallest absolute Gasteiger partial charge is 0.254 e. The average molecular weight is 431 g/mol. The van der Waals surface area contributed by atoms with Crippen molar-refractivity contribution in [2.45, 2.75) is 19.6 Å². The highest BCUT2D eigenvalue weighted by atomic mass is 16.5. The summed E-state index contributed by atoms with van der Waals surface area (Å²) < 4.78 is 18.1. The fourth-order valence-corrected chi connectivity index (χ4v) is 3.50. The fraction of sp³-hybridized carbons (Fsp3) is 0.200. The van der Waals surface area contributed by atoms with Gasteiger partial charge in [-0.25, -0.2) is 4.98 Å². The van der Waals surface area contributed by atoms with E-state index in [1.54, 1.807) is 49.8 Å². The number of aromatic nitrogens is 2. The van der Waals surface area contributed by atoms with Crippen LogP contribution in [0.25, 0.3) is 0 Å². The van der Waals surface area contributed by atoms with Crippen molar-refractivity contribution in [1.29, 1.82) is 0 Å². The highest BCUT2D eigenvalue weighted by Gasteiger charge is 2.20. The van der Waals surface area contributed by atoms with Crippen molar-refractivity contribution in [2.75, 3.05) is 14.2 Å². The molecule has 2 heterocycles. The van der Waals surface area contributed by atoms with Crippen LogP contribution in [0.5, 0.6) is 11.5 Å². The minimum atomic E-state index is -0.128. The molecule has 0 aliphatic carbocycles. The van der Waals surface area contributed by atoms with Gasteiger partial charge in [0.2, 0.25) is 0 Å². The molecule has 164 valence electrons. The number of hydrogen-bond donors (Lipinski definition) is 0. The van der Waals surface area contributed by atoms with Crippen molar-refractivity contribution in [3.05, 3.63) is 102 Å². The fourth-order valence-electron chi connectivity index (χ4n) is 3.50. The van der Waals surface area contributed by atoms with Gasteiger partial charge in [-0.2, -0.15) is 0 Å². The third-order valence-electron chi connectivity index (χ3n) is 5.15. The van der Waals surface area contributed by atoms with E-state index in [1.165, 1.54) is 0 Å². The third kappa shape index (κ3) is 5.00. The second-order valence-corrected chi connectivity index (χ2v) is 7.30. The maximum Gasteiger partial charge on any atom is 0.254 e. The van der Waals surface area contributed by atoms with E-state index in [0.717, 1.165) is 17.1 Å². The molecule has 0 aliphatic heterocycles. The number of hydrogen-bond acceptors (Lipinski definition) is 5. The summed E-state index contributed by atoms with van der Waals surface area (Å²) in [5.74, 6) is 2.78. The number of ether oxygens (including phenoxy) is 2. The van der Waals surface area contributed by atoms with Crippen LogP contribution < -0.4 is 9.47 Å². The number of benzene rings is 2. The second kappa shape index (κ2) is 9.87. The zero-order chi connectivity index (χ0) is 22.3. The highest BCUT2D eigenvalue weighted by Crippen LogP contribution is 2.19. The van der Waals surface area contributed by atoms with Gasteiger partial charge in [-0.05, 0) is 48.0 Å². The number of carbonyl (C=O) groups excluding carboxylic acids is 1. The first-order chi connectivity index (χ1) is 15.7. The number of rotatable bonds is 9. The lowest BCUT2D eigenvalue weighted by Gasteiger charge is -2.22. The third-order valence-corrected chi connectivity index (χ3v) is 5.15. The summed E-state index contributed by atoms with van der Waals surface area (Å²) >= 11 is 0. The molecule has 0 fully saturated rings. The lowest BCUT2D eigenvalue weighted by molar-refractivity contribution is 0.0711. The molecule has 0 saturated heterocycles. The van der Waals surface area contributed by atoms with E-state index in [4.69, 9.17) is 13.9 Å². The molecule has 0 aliphatic rings. The molecule has 0 unspecified atom stereocenters. The molecular weight excluding hydrogens is 406 g/mol. The van der Waals surface area contributed by atoms with Gasteiger partial charge in [0.1, 0.15) is 23.1 Å². The Hall–Kier alpha value is -4.00. The summed E-state index contributed by atoms with van der Waals surface area (Å²) in [5, 5.41) is 0. The summed E-state index contributed by atoms with van der Waals surface area (Å²) in [6.45, 7) is 1.28. The van der Waals surface area contributed by atoms with Crippen LogP contribution >= 0.6 is 0 Å². The van der Waals surface area contributed by atoms with Crippen molar-refractivity contribution in [2.24, 2.45) is 0 Å². The Balaban J connectivity index is 1.59. The van der Waals surface area contributed by atoms with E-state index < -0.39 is 0 Å². The number of furan rings is 1. The van der Waals surface area contributed by atoms with Crippen molar-refractivity contribution in [3.63, 3.8) is 0 Å². The average Bonchev–Trinajstić information content (AvgIpc) is 3.50. The predicted octanol–water partition coefficient (Wildman–Crippen LogP) is 4.38. The van der Waals surface area contributed by atoms with E-state index in [0.29, 0.717) is 36.7 Å². The lowest BCUT2D eigenvalue weighted by Crippen LogP contribution is -2.31. The molecule has 0 spiro atoms. The monoisotopic (exact) mass is 431 g/mol. The maximum atomic E-state index is 13.4. The van der Waals surface area contributed by atoms with Gasteiger partial charge >= 0.3 is 0 Å². The van der Waals surface area contributed by atoms with Gasteiger partial charge in [0.25, 0.3) is 5.91 Å². The van der Waals surface area contributed by atoms with Gasteiger partial charge in [-0.3, -0.25) is 4.79 Å². The van der Waals surface area contributed by atoms with Crippen LogP contribution in [0.3, 0.4) is 0 Å². The SMILES string of the molecule is COc1cccc(Cn2ccnc2CN(Cc2ccco2)C(=O)c2cccc(OC)c2)c1. The normalized spacial score (nSPS) is 10.7. The topological polar surface area (TPSA) is 69.7 Å². The van der Waals surface area contributed by atoms with Crippen LogP contribution in [0.2, 0.25) is 0 Å². The van der Waals surface area contributed by atoms with Crippen LogP contribution in [-0.2, 0) is 19.6 Å². The predicted molar refractivity (Wildman–Crippen MR) is 120 cm³/mol. The molecule has 0 atom stereocenters. The van der Waals surface area contributed by atoms with Gasteiger partial charge in [0.15, 0.2) is 0 Å². The van der Waals surface area contributed by atoms with Gasteiger partial charge in [-0.15, -0.1) is 0 Å². The Morgan fingerprint density at radius 2 is 1.78 bits per heavy atom. The number of amides is 1. The van der Waals surface area contributed by atoms with Crippen molar-refractivity contribution >= 4 is 5.91 Å². The number of imidazole rings is 1. The summed E-state index contributed by atoms with van der Waals surface area (Å²) in [4.78, 5) is 19.6. The molecule has 2 aromatic heterocycles. The van der Waals surface area contributed by atoms with Crippen LogP contribution in [0.4, 0.5) is 0 Å². The lowest BCUT2D eigenvalue weighted by atomic mass is 10.1. The number of carbonyl (C=O) groups is 1. The Morgan fingerprint density at radius 3 is 2.53 bits per heavy atom. The summed E-state index contributed by atoms with van der Waals surface area (Å²) in [7, 11) is 3.23. The van der Waals surface area contributed by atoms with Crippen molar-refractivity contribution in [1.82, 2.24) is 14.5 Å². The molecule has 7 nitrogen and oxygen atoms in total. The molecule has 32 heavy (non-hydrogen) atoms. The van der Waals surface area contributed by atoms with E-state index in [-0.39, 0.29) is 5.91 Å². The molecule has 1 amide bonds. The van der Waals surface area contributed by atoms with Gasteiger partial charge in [0.05, 0.1) is 33.6 Å². The summed E-state index contributed by atoms with van der Waals surface area (Å²) in [6.07, 6.45) is 5.26. The summed E-state index contributed by atoms with van der Waals surface area (Å²) in [5.41, 5.74) is 1.63. The number of nitrogens with zero attached hydrogens (tertiary/aromatic N) is 3. The number of methoxy groups -OCH3 is 2. The largest absolute Gasteiger partial charge is 0.497 e. The molecule has 0 bridgehead atoms. The Kier molecular flexibility index (Phi) is 6.55. The second-order valence-electron chi connectivity index (χ2n) is 7.30. The quantitative estimate of drug-likeness (QED) is 0.393. The van der Waals surface area contributed by atoms with E-state index in [2.05, 4.69) is 4.98 Å². The van der Waals surface area contributed by atoms with Crippen LogP contribution in [0, 0.1) is 0 Å². The summed E-state index contributed by atoms with van der Waals surface area (Å²) in [6, 6.07) is 18.7. The first-order valence-corrected chi connectivity index (χ1v) is 10.2. The standard InChI is InChI=1S/C25H25N3O4/c1-30-21-8-3-6-19(14-21)16-27-12-11-26-24(27)18-28(17-23-10-5-13-32-23)25(29)20-7-4-9-22(15-20)31-2/h3-15H,16-18H2,1-2H3. The molecule has 0 N–H and O–H groups in total. The van der Waals surface area contributed by atoms with Gasteiger partial charge in [-0.1, -0.05) is 18.2 Å². The van der Waals surface area contributed by atoms with E-state index in [9.17, 15) is 4.79 Å². The minimum absolute atomic E-state index is 0.128. The minimum Gasteiger partial charge on any atom is -0.497 e. The molecule has 2 aromatic carbocycles. The molecule has 4 rings (SSSR count). The molecule has 0 radical (unpaired) electrons. The van der Waals surface area contributed by atoms with Crippen LogP contribution in [-0.4, -0.2) is 34.6 Å². The molecule has 7 heteroatoms. The first-order valence-electron chi connectivity index (χ1n) is 10.2. The zero-order valence-corrected chi connectivity index (χ0v) is 18.1. The Labute approximate surface area is 186 Å². The molecule has 4 aromatic rings. The highest BCUT2D eigenvalue weighted by molar-refractivity contribution is 5.94. The van der Waals surface area contributed by atoms with Crippen LogP contribution in [0.1, 0.15) is 27.5 Å². The molecule has 0 saturated carbocycles. The van der Waals surface area contributed by atoms with Gasteiger partial charge < -0.3 is 23.4 Å². The zero-order valence-electron chi connectivity index (χ0n) is 18.1. The first kappa shape index (κ1) is 21.2. The van der Waals surface area contributed by atoms with Crippen LogP contribution in [0.15, 0.2) is 83.7 Å². The molecular formula is C25H25N3O4. The Bertz CT molecular complexity index is 1170. The van der Waals surface area contributed by atoms with E-state index >= 15 is 0 Å². The van der Waals surface area contributed by atoms with Crippen molar-refractivity contribution in [3.8, 4) is 11.5 Å².